The first kappa shape index (κ1) is 21.2. The van der Waals surface area contributed by atoms with Gasteiger partial charge in [0.1, 0.15) is 17.1 Å². The van der Waals surface area contributed by atoms with E-state index in [-0.39, 0.29) is 17.1 Å². The minimum absolute atomic E-state index is 0.00196. The van der Waals surface area contributed by atoms with E-state index in [0.29, 0.717) is 48.0 Å². The molecule has 0 atom stereocenters. The van der Waals surface area contributed by atoms with Crippen LogP contribution >= 0.6 is 11.6 Å². The van der Waals surface area contributed by atoms with Crippen molar-refractivity contribution < 1.29 is 22.7 Å². The smallest absolute Gasteiger partial charge is 0.243 e. The van der Waals surface area contributed by atoms with Crippen molar-refractivity contribution in [1.82, 2.24) is 4.31 Å². The lowest BCUT2D eigenvalue weighted by Gasteiger charge is -2.43. The van der Waals surface area contributed by atoms with Crippen molar-refractivity contribution in [3.63, 3.8) is 0 Å². The molecule has 1 spiro atoms. The minimum Gasteiger partial charge on any atom is -0.497 e. The average molecular weight is 450 g/mol. The van der Waals surface area contributed by atoms with E-state index in [1.165, 1.54) is 11.4 Å². The Morgan fingerprint density at radius 1 is 1.13 bits per heavy atom. The number of carbonyl (C=O) groups excluding carboxylic acids is 1. The Labute approximate surface area is 181 Å². The van der Waals surface area contributed by atoms with Gasteiger partial charge in [0.25, 0.3) is 0 Å². The number of ether oxygens (including phenoxy) is 2. The zero-order chi connectivity index (χ0) is 21.7. The summed E-state index contributed by atoms with van der Waals surface area (Å²) in [5, 5.41) is 0.585. The molecule has 30 heavy (non-hydrogen) atoms. The molecular weight excluding hydrogens is 426 g/mol. The number of sulfonamides is 1. The molecule has 0 unspecified atom stereocenters. The topological polar surface area (TPSA) is 72.9 Å². The summed E-state index contributed by atoms with van der Waals surface area (Å²) in [6, 6.07) is 8.17. The van der Waals surface area contributed by atoms with Crippen LogP contribution in [0.5, 0.6) is 11.5 Å². The van der Waals surface area contributed by atoms with Crippen LogP contribution in [0, 0.1) is 13.8 Å². The first-order valence-electron chi connectivity index (χ1n) is 9.83. The SMILES string of the molecule is COc1ccc(S(=O)(=O)N2CCC3(CC2)CC(=O)c2c(cc(C)c(Cl)c2C)O3)cc1. The lowest BCUT2D eigenvalue weighted by molar-refractivity contribution is 0.00578. The summed E-state index contributed by atoms with van der Waals surface area (Å²) < 4.78 is 38.9. The number of fused-ring (bicyclic) bond motifs is 1. The Hall–Kier alpha value is -2.09. The second-order valence-corrected chi connectivity index (χ2v) is 10.3. The molecular formula is C22H24ClNO5S. The molecule has 2 aromatic rings. The van der Waals surface area contributed by atoms with E-state index in [1.807, 2.05) is 19.9 Å². The number of aryl methyl sites for hydroxylation is 1. The maximum absolute atomic E-state index is 13.0. The fourth-order valence-corrected chi connectivity index (χ4v) is 5.90. The van der Waals surface area contributed by atoms with E-state index in [2.05, 4.69) is 0 Å². The van der Waals surface area contributed by atoms with E-state index in [9.17, 15) is 13.2 Å². The molecule has 8 heteroatoms. The summed E-state index contributed by atoms with van der Waals surface area (Å²) in [7, 11) is -2.08. The van der Waals surface area contributed by atoms with Crippen molar-refractivity contribution in [2.75, 3.05) is 20.2 Å². The van der Waals surface area contributed by atoms with Crippen molar-refractivity contribution in [1.29, 1.82) is 0 Å². The summed E-state index contributed by atoms with van der Waals surface area (Å²) >= 11 is 6.31. The Kier molecular flexibility index (Phi) is 5.33. The van der Waals surface area contributed by atoms with Crippen molar-refractivity contribution >= 4 is 27.4 Å². The fraction of sp³-hybridized carbons (Fsp3) is 0.409. The number of halogens is 1. The Balaban J connectivity index is 1.55. The van der Waals surface area contributed by atoms with Gasteiger partial charge in [-0.15, -0.1) is 0 Å². The number of rotatable bonds is 3. The molecule has 0 N–H and O–H groups in total. The Morgan fingerprint density at radius 2 is 1.77 bits per heavy atom. The van der Waals surface area contributed by atoms with Gasteiger partial charge in [-0.2, -0.15) is 4.31 Å². The molecule has 1 saturated heterocycles. The average Bonchev–Trinajstić information content (AvgIpc) is 2.72. The normalized spacial score (nSPS) is 18.7. The van der Waals surface area contributed by atoms with Gasteiger partial charge in [-0.25, -0.2) is 8.42 Å². The number of benzene rings is 2. The summed E-state index contributed by atoms with van der Waals surface area (Å²) in [4.78, 5) is 13.1. The number of nitrogens with zero attached hydrogens (tertiary/aromatic N) is 1. The third-order valence-electron chi connectivity index (χ3n) is 6.06. The van der Waals surface area contributed by atoms with Gasteiger partial charge in [-0.1, -0.05) is 11.6 Å². The Bertz CT molecular complexity index is 1100. The highest BCUT2D eigenvalue weighted by molar-refractivity contribution is 7.89. The minimum atomic E-state index is -3.62. The number of Topliss-reactive ketones (excluding diaryl/α,β-unsaturated/α-hetero) is 1. The predicted molar refractivity (Wildman–Crippen MR) is 114 cm³/mol. The summed E-state index contributed by atoms with van der Waals surface area (Å²) in [5.41, 5.74) is 1.47. The molecule has 6 nitrogen and oxygen atoms in total. The second-order valence-electron chi connectivity index (χ2n) is 7.97. The molecule has 1 fully saturated rings. The molecule has 0 saturated carbocycles. The van der Waals surface area contributed by atoms with Crippen molar-refractivity contribution in [3.8, 4) is 11.5 Å². The maximum atomic E-state index is 13.0. The van der Waals surface area contributed by atoms with Crippen molar-refractivity contribution in [3.05, 3.63) is 52.0 Å². The molecule has 2 aliphatic rings. The van der Waals surface area contributed by atoms with Crippen LogP contribution in [0.4, 0.5) is 0 Å². The van der Waals surface area contributed by atoms with E-state index in [4.69, 9.17) is 21.1 Å². The van der Waals surface area contributed by atoms with Gasteiger partial charge >= 0.3 is 0 Å². The van der Waals surface area contributed by atoms with Crippen LogP contribution in [0.1, 0.15) is 40.7 Å². The highest BCUT2D eigenvalue weighted by Gasteiger charge is 2.45. The first-order chi connectivity index (χ1) is 14.2. The van der Waals surface area contributed by atoms with Crippen LogP contribution in [0.2, 0.25) is 5.02 Å². The molecule has 4 rings (SSSR count). The second kappa shape index (κ2) is 7.55. The molecule has 2 aromatic carbocycles. The molecule has 0 amide bonds. The summed E-state index contributed by atoms with van der Waals surface area (Å²) in [6.07, 6.45) is 1.14. The largest absolute Gasteiger partial charge is 0.497 e. The van der Waals surface area contributed by atoms with Gasteiger partial charge in [-0.3, -0.25) is 4.79 Å². The van der Waals surface area contributed by atoms with Gasteiger partial charge in [0.05, 0.1) is 24.0 Å². The maximum Gasteiger partial charge on any atom is 0.243 e. The van der Waals surface area contributed by atoms with Gasteiger partial charge in [0.2, 0.25) is 10.0 Å². The highest BCUT2D eigenvalue weighted by atomic mass is 35.5. The molecule has 0 aliphatic carbocycles. The lowest BCUT2D eigenvalue weighted by Crippen LogP contribution is -2.52. The number of methoxy groups -OCH3 is 1. The predicted octanol–water partition coefficient (Wildman–Crippen LogP) is 4.15. The third-order valence-corrected chi connectivity index (χ3v) is 8.56. The van der Waals surface area contributed by atoms with Gasteiger partial charge in [0.15, 0.2) is 5.78 Å². The van der Waals surface area contributed by atoms with Crippen LogP contribution in [0.15, 0.2) is 35.2 Å². The number of hydrogen-bond acceptors (Lipinski definition) is 5. The molecule has 0 bridgehead atoms. The molecule has 0 aromatic heterocycles. The van der Waals surface area contributed by atoms with Crippen LogP contribution in [-0.2, 0) is 10.0 Å². The van der Waals surface area contributed by atoms with Crippen LogP contribution in [0.3, 0.4) is 0 Å². The molecule has 0 radical (unpaired) electrons. The van der Waals surface area contributed by atoms with E-state index in [1.54, 1.807) is 24.3 Å². The quantitative estimate of drug-likeness (QED) is 0.703. The standard InChI is InChI=1S/C22H24ClNO5S/c1-14-12-19-20(15(2)21(14)23)18(25)13-22(29-19)8-10-24(11-9-22)30(26,27)17-6-4-16(28-3)5-7-17/h4-7,12H,8-11,13H2,1-3H3. The van der Waals surface area contributed by atoms with Gasteiger partial charge in [0, 0.05) is 31.0 Å². The van der Waals surface area contributed by atoms with Crippen molar-refractivity contribution in [2.45, 2.75) is 43.6 Å². The van der Waals surface area contributed by atoms with E-state index in [0.717, 1.165) is 11.1 Å². The molecule has 160 valence electrons. The van der Waals surface area contributed by atoms with Crippen LogP contribution in [0.25, 0.3) is 0 Å². The number of ketones is 1. The summed E-state index contributed by atoms with van der Waals surface area (Å²) in [5.74, 6) is 1.16. The number of piperidine rings is 1. The fourth-order valence-electron chi connectivity index (χ4n) is 4.31. The highest BCUT2D eigenvalue weighted by Crippen LogP contribution is 2.43. The number of hydrogen-bond donors (Lipinski definition) is 0. The first-order valence-corrected chi connectivity index (χ1v) is 11.6. The van der Waals surface area contributed by atoms with Gasteiger partial charge in [-0.05, 0) is 55.3 Å². The monoisotopic (exact) mass is 449 g/mol. The van der Waals surface area contributed by atoms with Crippen LogP contribution in [-0.4, -0.2) is 44.3 Å². The zero-order valence-corrected chi connectivity index (χ0v) is 18.8. The molecule has 2 aliphatic heterocycles. The Morgan fingerprint density at radius 3 is 2.37 bits per heavy atom. The van der Waals surface area contributed by atoms with Gasteiger partial charge < -0.3 is 9.47 Å². The summed E-state index contributed by atoms with van der Waals surface area (Å²) in [6.45, 7) is 4.30. The zero-order valence-electron chi connectivity index (χ0n) is 17.2. The number of carbonyl (C=O) groups is 1. The lowest BCUT2D eigenvalue weighted by atomic mass is 9.82. The van der Waals surface area contributed by atoms with E-state index < -0.39 is 15.6 Å². The third kappa shape index (κ3) is 3.49. The van der Waals surface area contributed by atoms with Crippen LogP contribution < -0.4 is 9.47 Å². The molecule has 2 heterocycles. The van der Waals surface area contributed by atoms with E-state index >= 15 is 0 Å². The van der Waals surface area contributed by atoms with Crippen molar-refractivity contribution in [2.24, 2.45) is 0 Å².